The van der Waals surface area contributed by atoms with Crippen molar-refractivity contribution in [1.82, 2.24) is 19.6 Å². The predicted molar refractivity (Wildman–Crippen MR) is 45.6 cm³/mol. The Labute approximate surface area is 86.7 Å². The van der Waals surface area contributed by atoms with Crippen LogP contribution in [0.2, 0.25) is 5.15 Å². The molecule has 0 atom stereocenters. The zero-order chi connectivity index (χ0) is 11.1. The summed E-state index contributed by atoms with van der Waals surface area (Å²) in [6.07, 6.45) is -2.84. The Morgan fingerprint density at radius 2 is 2.07 bits per heavy atom. The summed E-state index contributed by atoms with van der Waals surface area (Å²) in [5.41, 5.74) is 0.124. The van der Waals surface area contributed by atoms with Gasteiger partial charge in [-0.25, -0.2) is 4.98 Å². The van der Waals surface area contributed by atoms with Crippen LogP contribution in [0.5, 0.6) is 0 Å². The summed E-state index contributed by atoms with van der Waals surface area (Å²) in [7, 11) is 0. The van der Waals surface area contributed by atoms with E-state index in [0.717, 1.165) is 0 Å². The molecule has 15 heavy (non-hydrogen) atoms. The molecule has 0 spiro atoms. The van der Waals surface area contributed by atoms with Gasteiger partial charge in [0.15, 0.2) is 10.8 Å². The first-order valence-electron chi connectivity index (χ1n) is 3.88. The van der Waals surface area contributed by atoms with Gasteiger partial charge in [-0.2, -0.15) is 13.2 Å². The maximum absolute atomic E-state index is 12.1. The molecule has 0 bridgehead atoms. The fourth-order valence-electron chi connectivity index (χ4n) is 1.14. The molecule has 0 amide bonds. The van der Waals surface area contributed by atoms with Crippen molar-refractivity contribution in [2.45, 2.75) is 12.6 Å². The molecule has 4 nitrogen and oxygen atoms in total. The lowest BCUT2D eigenvalue weighted by atomic mass is 10.4. The van der Waals surface area contributed by atoms with E-state index in [9.17, 15) is 13.2 Å². The van der Waals surface area contributed by atoms with Crippen LogP contribution < -0.4 is 0 Å². The van der Waals surface area contributed by atoms with E-state index in [0.29, 0.717) is 0 Å². The molecule has 0 radical (unpaired) electrons. The van der Waals surface area contributed by atoms with Crippen LogP contribution in [-0.4, -0.2) is 25.8 Å². The first kappa shape index (κ1) is 10.2. The highest BCUT2D eigenvalue weighted by Crippen LogP contribution is 2.21. The van der Waals surface area contributed by atoms with Crippen molar-refractivity contribution in [3.63, 3.8) is 0 Å². The SMILES string of the molecule is FC(F)(F)Cc1nnc2c(Cl)nccn12. The number of fused-ring (bicyclic) bond motifs is 1. The molecule has 0 N–H and O–H groups in total. The largest absolute Gasteiger partial charge is 0.396 e. The molecule has 0 saturated carbocycles. The van der Waals surface area contributed by atoms with Crippen molar-refractivity contribution in [3.8, 4) is 0 Å². The number of alkyl halides is 3. The third kappa shape index (κ3) is 2.01. The fourth-order valence-corrected chi connectivity index (χ4v) is 1.33. The molecule has 2 rings (SSSR count). The second-order valence-electron chi connectivity index (χ2n) is 2.82. The van der Waals surface area contributed by atoms with Gasteiger partial charge >= 0.3 is 6.18 Å². The van der Waals surface area contributed by atoms with Crippen LogP contribution in [0.15, 0.2) is 12.4 Å². The standard InChI is InChI=1S/C7H4ClF3N4/c8-5-6-14-13-4(3-7(9,10)11)15(6)2-1-12-5/h1-2H,3H2. The molecule has 2 heterocycles. The number of hydrogen-bond acceptors (Lipinski definition) is 3. The minimum atomic E-state index is -4.32. The Kier molecular flexibility index (Phi) is 2.26. The smallest absolute Gasteiger partial charge is 0.282 e. The third-order valence-corrected chi connectivity index (χ3v) is 1.98. The molecule has 0 aliphatic rings. The van der Waals surface area contributed by atoms with Crippen molar-refractivity contribution >= 4 is 17.2 Å². The van der Waals surface area contributed by atoms with Crippen molar-refractivity contribution in [2.75, 3.05) is 0 Å². The van der Waals surface area contributed by atoms with Crippen molar-refractivity contribution in [2.24, 2.45) is 0 Å². The zero-order valence-corrected chi connectivity index (χ0v) is 7.92. The van der Waals surface area contributed by atoms with Crippen LogP contribution >= 0.6 is 11.6 Å². The van der Waals surface area contributed by atoms with Crippen molar-refractivity contribution in [3.05, 3.63) is 23.4 Å². The first-order chi connectivity index (χ1) is 6.97. The minimum absolute atomic E-state index is 0.0263. The molecular formula is C7H4ClF3N4. The van der Waals surface area contributed by atoms with Crippen molar-refractivity contribution in [1.29, 1.82) is 0 Å². The number of hydrogen-bond donors (Lipinski definition) is 0. The van der Waals surface area contributed by atoms with E-state index in [1.54, 1.807) is 0 Å². The second kappa shape index (κ2) is 3.34. The summed E-state index contributed by atoms with van der Waals surface area (Å²) in [6, 6.07) is 0. The number of rotatable bonds is 1. The molecule has 0 unspecified atom stereocenters. The molecule has 0 saturated heterocycles. The third-order valence-electron chi connectivity index (χ3n) is 1.71. The Bertz CT molecular complexity index is 492. The quantitative estimate of drug-likeness (QED) is 0.759. The van der Waals surface area contributed by atoms with Gasteiger partial charge in [0, 0.05) is 12.4 Å². The lowest BCUT2D eigenvalue weighted by Gasteiger charge is -2.03. The summed E-state index contributed by atoms with van der Waals surface area (Å²) >= 11 is 5.63. The summed E-state index contributed by atoms with van der Waals surface area (Å²) in [6.45, 7) is 0. The Morgan fingerprint density at radius 3 is 2.73 bits per heavy atom. The van der Waals surface area contributed by atoms with Gasteiger partial charge in [0.25, 0.3) is 0 Å². The monoisotopic (exact) mass is 236 g/mol. The molecule has 0 fully saturated rings. The van der Waals surface area contributed by atoms with Crippen LogP contribution in [0.1, 0.15) is 5.82 Å². The van der Waals surface area contributed by atoms with Gasteiger partial charge in [-0.1, -0.05) is 11.6 Å². The Balaban J connectivity index is 2.50. The molecule has 0 aromatic carbocycles. The first-order valence-corrected chi connectivity index (χ1v) is 4.26. The van der Waals surface area contributed by atoms with Crippen LogP contribution in [0, 0.1) is 0 Å². The van der Waals surface area contributed by atoms with E-state index in [1.807, 2.05) is 0 Å². The van der Waals surface area contributed by atoms with E-state index in [1.165, 1.54) is 16.8 Å². The summed E-state index contributed by atoms with van der Waals surface area (Å²) < 4.78 is 37.5. The molecule has 2 aromatic heterocycles. The van der Waals surface area contributed by atoms with E-state index in [4.69, 9.17) is 11.6 Å². The van der Waals surface area contributed by atoms with Gasteiger partial charge in [0.2, 0.25) is 0 Å². The van der Waals surface area contributed by atoms with Gasteiger partial charge in [-0.05, 0) is 0 Å². The normalized spacial score (nSPS) is 12.3. The molecule has 0 aliphatic heterocycles. The van der Waals surface area contributed by atoms with Gasteiger partial charge in [0.1, 0.15) is 12.2 Å². The summed E-state index contributed by atoms with van der Waals surface area (Å²) in [5.74, 6) is -0.207. The lowest BCUT2D eigenvalue weighted by molar-refractivity contribution is -0.128. The number of nitrogens with zero attached hydrogens (tertiary/aromatic N) is 4. The highest BCUT2D eigenvalue weighted by Gasteiger charge is 2.30. The summed E-state index contributed by atoms with van der Waals surface area (Å²) in [5, 5.41) is 6.96. The van der Waals surface area contributed by atoms with Crippen LogP contribution in [0.25, 0.3) is 5.65 Å². The van der Waals surface area contributed by atoms with Gasteiger partial charge < -0.3 is 0 Å². The molecule has 80 valence electrons. The van der Waals surface area contributed by atoms with Gasteiger partial charge in [0.05, 0.1) is 0 Å². The molecule has 8 heteroatoms. The highest BCUT2D eigenvalue weighted by atomic mass is 35.5. The number of halogens is 4. The Morgan fingerprint density at radius 1 is 1.33 bits per heavy atom. The van der Waals surface area contributed by atoms with E-state index in [2.05, 4.69) is 15.2 Å². The second-order valence-corrected chi connectivity index (χ2v) is 3.18. The van der Waals surface area contributed by atoms with E-state index < -0.39 is 12.6 Å². The Hall–Kier alpha value is -1.37. The molecular weight excluding hydrogens is 233 g/mol. The van der Waals surface area contributed by atoms with Crippen molar-refractivity contribution < 1.29 is 13.2 Å². The topological polar surface area (TPSA) is 43.1 Å². The van der Waals surface area contributed by atoms with E-state index >= 15 is 0 Å². The fraction of sp³-hybridized carbons (Fsp3) is 0.286. The van der Waals surface area contributed by atoms with Crippen LogP contribution in [-0.2, 0) is 6.42 Å². The average molecular weight is 237 g/mol. The molecule has 2 aromatic rings. The van der Waals surface area contributed by atoms with E-state index in [-0.39, 0.29) is 16.6 Å². The maximum Gasteiger partial charge on any atom is 0.396 e. The molecule has 0 aliphatic carbocycles. The van der Waals surface area contributed by atoms with Crippen LogP contribution in [0.3, 0.4) is 0 Å². The minimum Gasteiger partial charge on any atom is -0.282 e. The summed E-state index contributed by atoms with van der Waals surface area (Å²) in [4.78, 5) is 3.68. The lowest BCUT2D eigenvalue weighted by Crippen LogP contribution is -2.14. The zero-order valence-electron chi connectivity index (χ0n) is 7.16. The maximum atomic E-state index is 12.1. The number of aromatic nitrogens is 4. The van der Waals surface area contributed by atoms with Gasteiger partial charge in [-0.15, -0.1) is 10.2 Å². The van der Waals surface area contributed by atoms with Gasteiger partial charge in [-0.3, -0.25) is 4.40 Å². The highest BCUT2D eigenvalue weighted by molar-refractivity contribution is 6.32. The predicted octanol–water partition coefficient (Wildman–Crippen LogP) is 1.88. The average Bonchev–Trinajstić information content (AvgIpc) is 2.48. The van der Waals surface area contributed by atoms with Crippen LogP contribution in [0.4, 0.5) is 13.2 Å².